The molecule has 140 valence electrons. The second-order valence-electron chi connectivity index (χ2n) is 7.36. The van der Waals surface area contributed by atoms with Crippen LogP contribution < -0.4 is 4.74 Å². The summed E-state index contributed by atoms with van der Waals surface area (Å²) in [4.78, 5) is 2.32. The lowest BCUT2D eigenvalue weighted by Crippen LogP contribution is -2.29. The van der Waals surface area contributed by atoms with Gasteiger partial charge in [0, 0.05) is 6.54 Å². The van der Waals surface area contributed by atoms with Gasteiger partial charge in [-0.25, -0.2) is 0 Å². The van der Waals surface area contributed by atoms with Crippen LogP contribution >= 0.6 is 12.4 Å². The van der Waals surface area contributed by atoms with E-state index in [4.69, 9.17) is 4.74 Å². The summed E-state index contributed by atoms with van der Waals surface area (Å²) in [5.41, 5.74) is 4.28. The van der Waals surface area contributed by atoms with Crippen molar-refractivity contribution in [2.75, 3.05) is 27.7 Å². The lowest BCUT2D eigenvalue weighted by atomic mass is 9.73. The highest BCUT2D eigenvalue weighted by atomic mass is 35.5. The third-order valence-electron chi connectivity index (χ3n) is 5.18. The summed E-state index contributed by atoms with van der Waals surface area (Å²) in [5, 5.41) is 0. The van der Waals surface area contributed by atoms with Gasteiger partial charge in [0.05, 0.1) is 7.11 Å². The van der Waals surface area contributed by atoms with Crippen molar-refractivity contribution in [3.63, 3.8) is 0 Å². The largest absolute Gasteiger partial charge is 0.497 e. The van der Waals surface area contributed by atoms with E-state index in [-0.39, 0.29) is 12.4 Å². The van der Waals surface area contributed by atoms with Gasteiger partial charge < -0.3 is 9.64 Å². The average molecular weight is 372 g/mol. The molecule has 2 unspecified atom stereocenters. The molecule has 3 rings (SSSR count). The van der Waals surface area contributed by atoms with E-state index in [2.05, 4.69) is 73.6 Å². The van der Waals surface area contributed by atoms with Crippen LogP contribution in [0, 0.1) is 5.92 Å². The summed E-state index contributed by atoms with van der Waals surface area (Å²) >= 11 is 0. The molecule has 3 heteroatoms. The Bertz CT molecular complexity index is 711. The molecule has 0 saturated heterocycles. The molecular formula is C23H30ClNO. The molecule has 2 aromatic carbocycles. The molecule has 26 heavy (non-hydrogen) atoms. The quantitative estimate of drug-likeness (QED) is 0.673. The minimum absolute atomic E-state index is 0. The summed E-state index contributed by atoms with van der Waals surface area (Å²) in [5.74, 6) is 2.21. The Kier molecular flexibility index (Phi) is 7.74. The Hall–Kier alpha value is -1.77. The Morgan fingerprint density at radius 2 is 1.85 bits per heavy atom. The second kappa shape index (κ2) is 9.80. The van der Waals surface area contributed by atoms with Crippen LogP contribution in [0.1, 0.15) is 36.3 Å². The van der Waals surface area contributed by atoms with Crippen LogP contribution in [0.15, 0.2) is 60.2 Å². The predicted octanol–water partition coefficient (Wildman–Crippen LogP) is 5.65. The first kappa shape index (κ1) is 20.5. The van der Waals surface area contributed by atoms with Crippen molar-refractivity contribution in [2.24, 2.45) is 5.92 Å². The van der Waals surface area contributed by atoms with Crippen LogP contribution in [-0.2, 0) is 0 Å². The number of nitrogens with zero attached hydrogens (tertiary/aromatic N) is 1. The number of methoxy groups -OCH3 is 1. The van der Waals surface area contributed by atoms with Crippen LogP contribution in [0.4, 0.5) is 0 Å². The normalized spacial score (nSPS) is 21.5. The number of rotatable bonds is 5. The summed E-state index contributed by atoms with van der Waals surface area (Å²) < 4.78 is 5.46. The fourth-order valence-electron chi connectivity index (χ4n) is 3.99. The van der Waals surface area contributed by atoms with Gasteiger partial charge >= 0.3 is 0 Å². The lowest BCUT2D eigenvalue weighted by molar-refractivity contribution is 0.256. The van der Waals surface area contributed by atoms with Crippen LogP contribution in [-0.4, -0.2) is 32.6 Å². The maximum Gasteiger partial charge on any atom is 0.119 e. The van der Waals surface area contributed by atoms with E-state index in [1.165, 1.54) is 24.0 Å². The molecule has 0 aromatic heterocycles. The molecule has 2 nitrogen and oxygen atoms in total. The Labute approximate surface area is 164 Å². The van der Waals surface area contributed by atoms with Gasteiger partial charge in [-0.05, 0) is 68.5 Å². The first-order chi connectivity index (χ1) is 12.2. The van der Waals surface area contributed by atoms with E-state index in [9.17, 15) is 0 Å². The number of hydrogen-bond donors (Lipinski definition) is 0. The second-order valence-corrected chi connectivity index (χ2v) is 7.36. The third kappa shape index (κ3) is 5.36. The number of ether oxygens (including phenoxy) is 1. The van der Waals surface area contributed by atoms with Gasteiger partial charge in [0.1, 0.15) is 5.75 Å². The van der Waals surface area contributed by atoms with E-state index in [1.54, 1.807) is 12.7 Å². The minimum atomic E-state index is 0. The van der Waals surface area contributed by atoms with E-state index in [1.807, 2.05) is 6.07 Å². The Morgan fingerprint density at radius 1 is 1.08 bits per heavy atom. The van der Waals surface area contributed by atoms with Crippen LogP contribution in [0.5, 0.6) is 5.75 Å². The van der Waals surface area contributed by atoms with Crippen LogP contribution in [0.2, 0.25) is 0 Å². The first-order valence-corrected chi connectivity index (χ1v) is 9.19. The minimum Gasteiger partial charge on any atom is -0.497 e. The van der Waals surface area contributed by atoms with E-state index in [0.29, 0.717) is 11.8 Å². The molecule has 0 radical (unpaired) electrons. The zero-order chi connectivity index (χ0) is 17.6. The van der Waals surface area contributed by atoms with E-state index < -0.39 is 0 Å². The highest BCUT2D eigenvalue weighted by Crippen LogP contribution is 2.42. The topological polar surface area (TPSA) is 12.5 Å². The zero-order valence-electron chi connectivity index (χ0n) is 16.0. The van der Waals surface area contributed by atoms with Gasteiger partial charge in [0.25, 0.3) is 0 Å². The van der Waals surface area contributed by atoms with Crippen molar-refractivity contribution in [3.05, 3.63) is 71.3 Å². The molecule has 0 spiro atoms. The molecule has 0 N–H and O–H groups in total. The maximum absolute atomic E-state index is 5.46. The fraction of sp³-hybridized carbons (Fsp3) is 0.391. The van der Waals surface area contributed by atoms with Gasteiger partial charge in [-0.3, -0.25) is 0 Å². The number of allylic oxidation sites excluding steroid dienone is 1. The molecule has 1 aliphatic carbocycles. The Morgan fingerprint density at radius 3 is 2.54 bits per heavy atom. The number of halogens is 1. The zero-order valence-corrected chi connectivity index (χ0v) is 16.8. The molecule has 1 aliphatic rings. The first-order valence-electron chi connectivity index (χ1n) is 9.19. The molecule has 0 heterocycles. The molecular weight excluding hydrogens is 342 g/mol. The standard InChI is InChI=1S/C23H29NO.ClH/c1-24(2)17-21-13-12-19(14-18-8-5-4-6-9-18)15-23(21)20-10-7-11-22(16-20)25-3;/h4-11,14,16,21,23H,12-13,15,17H2,1-3H3;1H. The Balaban J connectivity index is 0.00000243. The molecule has 2 atom stereocenters. The molecule has 1 fully saturated rings. The molecule has 1 saturated carbocycles. The monoisotopic (exact) mass is 371 g/mol. The van der Waals surface area contributed by atoms with Crippen LogP contribution in [0.25, 0.3) is 6.08 Å². The van der Waals surface area contributed by atoms with Gasteiger partial charge in [0.2, 0.25) is 0 Å². The predicted molar refractivity (Wildman–Crippen MR) is 113 cm³/mol. The van der Waals surface area contributed by atoms with Crippen molar-refractivity contribution < 1.29 is 4.74 Å². The number of benzene rings is 2. The van der Waals surface area contributed by atoms with Gasteiger partial charge in [-0.1, -0.05) is 54.1 Å². The van der Waals surface area contributed by atoms with E-state index >= 15 is 0 Å². The maximum atomic E-state index is 5.46. The van der Waals surface area contributed by atoms with E-state index in [0.717, 1.165) is 18.7 Å². The summed E-state index contributed by atoms with van der Waals surface area (Å²) in [7, 11) is 6.11. The van der Waals surface area contributed by atoms with Gasteiger partial charge in [-0.15, -0.1) is 12.4 Å². The van der Waals surface area contributed by atoms with Crippen LogP contribution in [0.3, 0.4) is 0 Å². The average Bonchev–Trinajstić information content (AvgIpc) is 2.63. The molecule has 0 amide bonds. The SMILES string of the molecule is COc1cccc(C2CC(=Cc3ccccc3)CCC2CN(C)C)c1.Cl. The molecule has 0 aliphatic heterocycles. The summed E-state index contributed by atoms with van der Waals surface area (Å²) in [6.45, 7) is 1.14. The van der Waals surface area contributed by atoms with Gasteiger partial charge in [0.15, 0.2) is 0 Å². The highest BCUT2D eigenvalue weighted by molar-refractivity contribution is 5.85. The molecule has 0 bridgehead atoms. The van der Waals surface area contributed by atoms with Crippen molar-refractivity contribution in [3.8, 4) is 5.75 Å². The summed E-state index contributed by atoms with van der Waals surface area (Å²) in [6.07, 6.45) is 5.98. The lowest BCUT2D eigenvalue weighted by Gasteiger charge is -2.35. The fourth-order valence-corrected chi connectivity index (χ4v) is 3.99. The highest BCUT2D eigenvalue weighted by Gasteiger charge is 2.29. The van der Waals surface area contributed by atoms with Crippen molar-refractivity contribution >= 4 is 18.5 Å². The third-order valence-corrected chi connectivity index (χ3v) is 5.18. The molecule has 2 aromatic rings. The van der Waals surface area contributed by atoms with Crippen molar-refractivity contribution in [1.29, 1.82) is 0 Å². The summed E-state index contributed by atoms with van der Waals surface area (Å²) in [6, 6.07) is 19.3. The smallest absolute Gasteiger partial charge is 0.119 e. The van der Waals surface area contributed by atoms with Crippen molar-refractivity contribution in [1.82, 2.24) is 4.90 Å². The van der Waals surface area contributed by atoms with Crippen molar-refractivity contribution in [2.45, 2.75) is 25.2 Å². The van der Waals surface area contributed by atoms with Gasteiger partial charge in [-0.2, -0.15) is 0 Å². The number of hydrogen-bond acceptors (Lipinski definition) is 2.